The summed E-state index contributed by atoms with van der Waals surface area (Å²) in [5.41, 5.74) is 2.08. The highest BCUT2D eigenvalue weighted by Crippen LogP contribution is 2.17. The van der Waals surface area contributed by atoms with Crippen LogP contribution in [0.15, 0.2) is 41.4 Å². The van der Waals surface area contributed by atoms with Gasteiger partial charge in [-0.1, -0.05) is 19.1 Å². The van der Waals surface area contributed by atoms with E-state index < -0.39 is 10.0 Å². The molecule has 0 bridgehead atoms. The summed E-state index contributed by atoms with van der Waals surface area (Å²) < 4.78 is 32.6. The average Bonchev–Trinajstić information content (AvgIpc) is 2.72. The van der Waals surface area contributed by atoms with Crippen molar-refractivity contribution < 1.29 is 13.2 Å². The molecule has 3 rings (SSSR count). The van der Waals surface area contributed by atoms with Gasteiger partial charge in [0.05, 0.1) is 30.0 Å². The second kappa shape index (κ2) is 9.12. The molecule has 0 aliphatic carbocycles. The highest BCUT2D eigenvalue weighted by atomic mass is 32.2. The summed E-state index contributed by atoms with van der Waals surface area (Å²) in [6.07, 6.45) is 2.60. The number of ether oxygens (including phenoxy) is 1. The van der Waals surface area contributed by atoms with Gasteiger partial charge in [-0.2, -0.15) is 5.10 Å². The maximum atomic E-state index is 12.3. The van der Waals surface area contributed by atoms with E-state index in [1.54, 1.807) is 18.3 Å². The van der Waals surface area contributed by atoms with Gasteiger partial charge in [-0.15, -0.1) is 5.10 Å². The monoisotopic (exact) mass is 391 g/mol. The van der Waals surface area contributed by atoms with Crippen molar-refractivity contribution in [2.75, 3.05) is 49.6 Å². The summed E-state index contributed by atoms with van der Waals surface area (Å²) in [6.45, 7) is 5.74. The third-order valence-electron chi connectivity index (χ3n) is 4.38. The molecular formula is C18H25N5O3S. The van der Waals surface area contributed by atoms with Gasteiger partial charge in [-0.25, -0.2) is 13.1 Å². The number of rotatable bonds is 8. The maximum Gasteiger partial charge on any atom is 0.240 e. The zero-order chi connectivity index (χ0) is 19.1. The number of aromatic nitrogens is 2. The molecule has 146 valence electrons. The second-order valence-corrected chi connectivity index (χ2v) is 7.99. The van der Waals surface area contributed by atoms with Crippen LogP contribution in [0.2, 0.25) is 0 Å². The van der Waals surface area contributed by atoms with Crippen molar-refractivity contribution in [3.05, 3.63) is 42.1 Å². The number of morpholine rings is 1. The Labute approximate surface area is 160 Å². The predicted octanol–water partition coefficient (Wildman–Crippen LogP) is 1.27. The Morgan fingerprint density at radius 3 is 2.59 bits per heavy atom. The first-order chi connectivity index (χ1) is 13.1. The Balaban J connectivity index is 1.50. The van der Waals surface area contributed by atoms with E-state index in [4.69, 9.17) is 4.74 Å². The maximum absolute atomic E-state index is 12.3. The molecule has 1 aliphatic heterocycles. The lowest BCUT2D eigenvalue weighted by Gasteiger charge is -2.28. The molecule has 1 fully saturated rings. The fourth-order valence-corrected chi connectivity index (χ4v) is 3.83. The summed E-state index contributed by atoms with van der Waals surface area (Å²) >= 11 is 0. The molecule has 0 saturated carbocycles. The van der Waals surface area contributed by atoms with Gasteiger partial charge in [0.15, 0.2) is 5.82 Å². The first-order valence-electron chi connectivity index (χ1n) is 9.06. The van der Waals surface area contributed by atoms with Crippen molar-refractivity contribution in [2.24, 2.45) is 0 Å². The molecule has 0 atom stereocenters. The molecule has 0 unspecified atom stereocenters. The van der Waals surface area contributed by atoms with Crippen molar-refractivity contribution in [1.29, 1.82) is 0 Å². The van der Waals surface area contributed by atoms with E-state index in [2.05, 4.69) is 25.1 Å². The lowest BCUT2D eigenvalue weighted by molar-refractivity contribution is 0.122. The van der Waals surface area contributed by atoms with Gasteiger partial charge in [0.1, 0.15) is 0 Å². The normalized spacial score (nSPS) is 14.9. The van der Waals surface area contributed by atoms with E-state index >= 15 is 0 Å². The summed E-state index contributed by atoms with van der Waals surface area (Å²) in [6, 6.07) is 8.84. The highest BCUT2D eigenvalue weighted by molar-refractivity contribution is 7.89. The molecule has 0 amide bonds. The topological polar surface area (TPSA) is 96.5 Å². The predicted molar refractivity (Wildman–Crippen MR) is 105 cm³/mol. The molecule has 2 heterocycles. The third kappa shape index (κ3) is 5.38. The van der Waals surface area contributed by atoms with Crippen LogP contribution in [0, 0.1) is 0 Å². The fraction of sp³-hybridized carbons (Fsp3) is 0.444. The summed E-state index contributed by atoms with van der Waals surface area (Å²) in [4.78, 5) is 2.46. The smallest absolute Gasteiger partial charge is 0.240 e. The van der Waals surface area contributed by atoms with Crippen molar-refractivity contribution in [3.63, 3.8) is 0 Å². The molecule has 9 heteroatoms. The molecule has 8 nitrogen and oxygen atoms in total. The molecule has 1 aromatic heterocycles. The number of sulfonamides is 1. The quantitative estimate of drug-likeness (QED) is 0.654. The first kappa shape index (κ1) is 19.5. The zero-order valence-electron chi connectivity index (χ0n) is 15.4. The SMILES string of the molecule is CCc1ccc(S(=O)(=O)NCCNc2cc(N3CCOCC3)cnn2)cc1. The molecule has 1 aromatic carbocycles. The number of hydrogen-bond acceptors (Lipinski definition) is 7. The summed E-state index contributed by atoms with van der Waals surface area (Å²) in [7, 11) is -3.51. The third-order valence-corrected chi connectivity index (χ3v) is 5.86. The minimum atomic E-state index is -3.51. The number of aryl methyl sites for hydroxylation is 1. The zero-order valence-corrected chi connectivity index (χ0v) is 16.2. The second-order valence-electron chi connectivity index (χ2n) is 6.22. The fourth-order valence-electron chi connectivity index (χ4n) is 2.80. The Kier molecular flexibility index (Phi) is 6.59. The van der Waals surface area contributed by atoms with Crippen LogP contribution in [-0.4, -0.2) is 58.0 Å². The average molecular weight is 391 g/mol. The minimum absolute atomic E-state index is 0.251. The molecule has 1 aliphatic rings. The molecule has 1 saturated heterocycles. The molecule has 27 heavy (non-hydrogen) atoms. The van der Waals surface area contributed by atoms with Crippen LogP contribution in [0.4, 0.5) is 11.5 Å². The standard InChI is InChI=1S/C18H25N5O3S/c1-2-15-3-5-17(6-4-15)27(24,25)21-8-7-19-18-13-16(14-20-22-18)23-9-11-26-12-10-23/h3-6,13-14,21H,2,7-12H2,1H3,(H,19,22). The Morgan fingerprint density at radius 2 is 1.89 bits per heavy atom. The van der Waals surface area contributed by atoms with E-state index in [9.17, 15) is 8.42 Å². The van der Waals surface area contributed by atoms with E-state index in [0.717, 1.165) is 30.8 Å². The van der Waals surface area contributed by atoms with Crippen LogP contribution < -0.4 is 14.9 Å². The number of benzene rings is 1. The van der Waals surface area contributed by atoms with Crippen molar-refractivity contribution in [1.82, 2.24) is 14.9 Å². The number of hydrogen-bond donors (Lipinski definition) is 2. The lowest BCUT2D eigenvalue weighted by atomic mass is 10.2. The van der Waals surface area contributed by atoms with E-state index in [-0.39, 0.29) is 11.4 Å². The van der Waals surface area contributed by atoms with Gasteiger partial charge in [0.25, 0.3) is 0 Å². The summed E-state index contributed by atoms with van der Waals surface area (Å²) in [5, 5.41) is 11.2. The number of nitrogens with zero attached hydrogens (tertiary/aromatic N) is 3. The number of anilines is 2. The van der Waals surface area contributed by atoms with Crippen LogP contribution in [0.3, 0.4) is 0 Å². The highest BCUT2D eigenvalue weighted by Gasteiger charge is 2.14. The van der Waals surface area contributed by atoms with Gasteiger partial charge in [0, 0.05) is 32.2 Å². The first-order valence-corrected chi connectivity index (χ1v) is 10.5. The van der Waals surface area contributed by atoms with Gasteiger partial charge in [-0.05, 0) is 24.1 Å². The van der Waals surface area contributed by atoms with Crippen molar-refractivity contribution >= 4 is 21.5 Å². The van der Waals surface area contributed by atoms with Crippen LogP contribution >= 0.6 is 0 Å². The molecule has 0 radical (unpaired) electrons. The Bertz CT molecular complexity index is 836. The van der Waals surface area contributed by atoms with Crippen LogP contribution in [-0.2, 0) is 21.2 Å². The van der Waals surface area contributed by atoms with Gasteiger partial charge >= 0.3 is 0 Å². The minimum Gasteiger partial charge on any atom is -0.378 e. The summed E-state index contributed by atoms with van der Waals surface area (Å²) in [5.74, 6) is 0.616. The Hall–Kier alpha value is -2.23. The Morgan fingerprint density at radius 1 is 1.15 bits per heavy atom. The van der Waals surface area contributed by atoms with Gasteiger partial charge in [-0.3, -0.25) is 0 Å². The van der Waals surface area contributed by atoms with Gasteiger partial charge in [0.2, 0.25) is 10.0 Å². The molecule has 2 N–H and O–H groups in total. The molecule has 0 spiro atoms. The van der Waals surface area contributed by atoms with E-state index in [0.29, 0.717) is 25.6 Å². The largest absolute Gasteiger partial charge is 0.378 e. The van der Waals surface area contributed by atoms with Crippen molar-refractivity contribution in [3.8, 4) is 0 Å². The van der Waals surface area contributed by atoms with E-state index in [1.165, 1.54) is 0 Å². The van der Waals surface area contributed by atoms with Gasteiger partial charge < -0.3 is 15.0 Å². The number of nitrogens with one attached hydrogen (secondary N) is 2. The van der Waals surface area contributed by atoms with Crippen molar-refractivity contribution in [2.45, 2.75) is 18.2 Å². The van der Waals surface area contributed by atoms with E-state index in [1.807, 2.05) is 25.1 Å². The van der Waals surface area contributed by atoms with Crippen LogP contribution in [0.1, 0.15) is 12.5 Å². The van der Waals surface area contributed by atoms with Crippen LogP contribution in [0.25, 0.3) is 0 Å². The molecule has 2 aromatic rings. The molecular weight excluding hydrogens is 366 g/mol. The lowest BCUT2D eigenvalue weighted by Crippen LogP contribution is -2.36. The van der Waals surface area contributed by atoms with Crippen LogP contribution in [0.5, 0.6) is 0 Å².